The molecule has 1 aromatic heterocycles. The van der Waals surface area contributed by atoms with E-state index in [4.69, 9.17) is 0 Å². The van der Waals surface area contributed by atoms with Gasteiger partial charge in [0.2, 0.25) is 0 Å². The maximum atomic E-state index is 12.9. The van der Waals surface area contributed by atoms with Gasteiger partial charge in [0.25, 0.3) is 5.91 Å². The third-order valence-electron chi connectivity index (χ3n) is 5.54. The molecule has 5 nitrogen and oxygen atoms in total. The summed E-state index contributed by atoms with van der Waals surface area (Å²) >= 11 is 0. The highest BCUT2D eigenvalue weighted by molar-refractivity contribution is 5.94. The molecule has 132 valence electrons. The Balaban J connectivity index is 1.37. The van der Waals surface area contributed by atoms with Gasteiger partial charge in [0.1, 0.15) is 5.82 Å². The molecule has 0 atom stereocenters. The van der Waals surface area contributed by atoms with Crippen LogP contribution in [0.3, 0.4) is 0 Å². The van der Waals surface area contributed by atoms with Crippen LogP contribution in [0.2, 0.25) is 0 Å². The van der Waals surface area contributed by atoms with Crippen molar-refractivity contribution in [1.29, 1.82) is 0 Å². The largest absolute Gasteiger partial charge is 0.337 e. The zero-order chi connectivity index (χ0) is 17.2. The molecule has 0 spiro atoms. The molecule has 4 rings (SSSR count). The van der Waals surface area contributed by atoms with Gasteiger partial charge in [-0.3, -0.25) is 9.69 Å². The second kappa shape index (κ2) is 7.00. The summed E-state index contributed by atoms with van der Waals surface area (Å²) < 4.78 is 2.06. The first kappa shape index (κ1) is 16.3. The van der Waals surface area contributed by atoms with Crippen LogP contribution < -0.4 is 0 Å². The fourth-order valence-corrected chi connectivity index (χ4v) is 3.91. The highest BCUT2D eigenvalue weighted by atomic mass is 16.2. The fraction of sp³-hybridized carbons (Fsp3) is 0.500. The SMILES string of the molecule is Cn1ccnc1CN1CCN(C(=O)c2ccc3c(c2)CCCC3)CC1. The summed E-state index contributed by atoms with van der Waals surface area (Å²) in [5.74, 6) is 1.26. The second-order valence-electron chi connectivity index (χ2n) is 7.21. The third kappa shape index (κ3) is 3.47. The monoisotopic (exact) mass is 338 g/mol. The lowest BCUT2D eigenvalue weighted by molar-refractivity contribution is 0.0624. The van der Waals surface area contributed by atoms with E-state index in [9.17, 15) is 4.79 Å². The standard InChI is InChI=1S/C20H26N4O/c1-22-9-8-21-19(22)15-23-10-12-24(13-11-23)20(25)18-7-6-16-4-2-3-5-17(16)14-18/h6-9,14H,2-5,10-13,15H2,1H3. The van der Waals surface area contributed by atoms with E-state index in [1.807, 2.05) is 30.4 Å². The Morgan fingerprint density at radius 2 is 1.84 bits per heavy atom. The number of rotatable bonds is 3. The number of benzene rings is 1. The second-order valence-corrected chi connectivity index (χ2v) is 7.21. The summed E-state index contributed by atoms with van der Waals surface area (Å²) in [7, 11) is 2.03. The average molecular weight is 338 g/mol. The number of fused-ring (bicyclic) bond motifs is 1. The molecule has 1 aliphatic heterocycles. The number of imidazole rings is 1. The van der Waals surface area contributed by atoms with Crippen LogP contribution in [0, 0.1) is 0 Å². The van der Waals surface area contributed by atoms with E-state index in [1.165, 1.54) is 24.0 Å². The van der Waals surface area contributed by atoms with E-state index in [0.29, 0.717) is 0 Å². The number of hydrogen-bond donors (Lipinski definition) is 0. The van der Waals surface area contributed by atoms with E-state index < -0.39 is 0 Å². The van der Waals surface area contributed by atoms with Crippen molar-refractivity contribution in [2.45, 2.75) is 32.2 Å². The molecule has 0 N–H and O–H groups in total. The summed E-state index contributed by atoms with van der Waals surface area (Å²) in [5, 5.41) is 0. The number of aromatic nitrogens is 2. The Bertz CT molecular complexity index is 759. The van der Waals surface area contributed by atoms with Crippen LogP contribution >= 0.6 is 0 Å². The number of hydrogen-bond acceptors (Lipinski definition) is 3. The predicted molar refractivity (Wildman–Crippen MR) is 97.5 cm³/mol. The Morgan fingerprint density at radius 1 is 1.08 bits per heavy atom. The van der Waals surface area contributed by atoms with E-state index >= 15 is 0 Å². The van der Waals surface area contributed by atoms with Gasteiger partial charge in [-0.05, 0) is 48.9 Å². The number of carbonyl (C=O) groups is 1. The first-order valence-electron chi connectivity index (χ1n) is 9.30. The van der Waals surface area contributed by atoms with Gasteiger partial charge in [0.15, 0.2) is 0 Å². The molecular formula is C20H26N4O. The van der Waals surface area contributed by atoms with E-state index in [0.717, 1.165) is 57.0 Å². The van der Waals surface area contributed by atoms with Gasteiger partial charge in [-0.15, -0.1) is 0 Å². The van der Waals surface area contributed by atoms with Crippen molar-refractivity contribution < 1.29 is 4.79 Å². The summed E-state index contributed by atoms with van der Waals surface area (Å²) in [6, 6.07) is 6.32. The number of aryl methyl sites for hydroxylation is 3. The maximum Gasteiger partial charge on any atom is 0.253 e. The predicted octanol–water partition coefficient (Wildman–Crippen LogP) is 2.26. The summed E-state index contributed by atoms with van der Waals surface area (Å²) in [6.45, 7) is 4.25. The molecule has 0 unspecified atom stereocenters. The Kier molecular flexibility index (Phi) is 4.57. The molecule has 1 aliphatic carbocycles. The van der Waals surface area contributed by atoms with Gasteiger partial charge >= 0.3 is 0 Å². The van der Waals surface area contributed by atoms with Crippen molar-refractivity contribution in [3.05, 3.63) is 53.1 Å². The molecule has 0 bridgehead atoms. The lowest BCUT2D eigenvalue weighted by atomic mass is 9.90. The number of carbonyl (C=O) groups excluding carboxylic acids is 1. The molecular weight excluding hydrogens is 312 g/mol. The normalized spacial score (nSPS) is 18.2. The molecule has 1 aromatic carbocycles. The van der Waals surface area contributed by atoms with Crippen molar-refractivity contribution >= 4 is 5.91 Å². The van der Waals surface area contributed by atoms with E-state index in [1.54, 1.807) is 0 Å². The van der Waals surface area contributed by atoms with Gasteiger partial charge in [-0.25, -0.2) is 4.98 Å². The zero-order valence-electron chi connectivity index (χ0n) is 14.9. The van der Waals surface area contributed by atoms with Crippen molar-refractivity contribution in [2.75, 3.05) is 26.2 Å². The quantitative estimate of drug-likeness (QED) is 0.862. The minimum atomic E-state index is 0.185. The lowest BCUT2D eigenvalue weighted by Crippen LogP contribution is -2.48. The minimum absolute atomic E-state index is 0.185. The molecule has 0 saturated carbocycles. The van der Waals surface area contributed by atoms with E-state index in [2.05, 4.69) is 26.6 Å². The third-order valence-corrected chi connectivity index (χ3v) is 5.54. The average Bonchev–Trinajstić information content (AvgIpc) is 3.06. The summed E-state index contributed by atoms with van der Waals surface area (Å²) in [5.41, 5.74) is 3.67. The molecule has 5 heteroatoms. The molecule has 1 saturated heterocycles. The number of piperazine rings is 1. The topological polar surface area (TPSA) is 41.4 Å². The molecule has 1 amide bonds. The van der Waals surface area contributed by atoms with E-state index in [-0.39, 0.29) is 5.91 Å². The first-order chi connectivity index (χ1) is 12.2. The molecule has 2 heterocycles. The van der Waals surface area contributed by atoms with Crippen LogP contribution in [0.5, 0.6) is 0 Å². The van der Waals surface area contributed by atoms with Crippen LogP contribution in [0.4, 0.5) is 0 Å². The highest BCUT2D eigenvalue weighted by Crippen LogP contribution is 2.23. The van der Waals surface area contributed by atoms with Gasteiger partial charge in [-0.2, -0.15) is 0 Å². The molecule has 2 aliphatic rings. The van der Waals surface area contributed by atoms with Crippen LogP contribution in [0.15, 0.2) is 30.6 Å². The molecule has 1 fully saturated rings. The van der Waals surface area contributed by atoms with Crippen LogP contribution in [-0.4, -0.2) is 51.4 Å². The van der Waals surface area contributed by atoms with Crippen LogP contribution in [0.25, 0.3) is 0 Å². The lowest BCUT2D eigenvalue weighted by Gasteiger charge is -2.34. The van der Waals surface area contributed by atoms with Gasteiger partial charge in [-0.1, -0.05) is 6.07 Å². The van der Waals surface area contributed by atoms with Gasteiger partial charge in [0, 0.05) is 51.2 Å². The smallest absolute Gasteiger partial charge is 0.253 e. The van der Waals surface area contributed by atoms with Crippen molar-refractivity contribution in [3.63, 3.8) is 0 Å². The Hall–Kier alpha value is -2.14. The first-order valence-corrected chi connectivity index (χ1v) is 9.30. The zero-order valence-corrected chi connectivity index (χ0v) is 14.9. The van der Waals surface area contributed by atoms with Gasteiger partial charge < -0.3 is 9.47 Å². The van der Waals surface area contributed by atoms with Crippen LogP contribution in [0.1, 0.15) is 40.2 Å². The number of amides is 1. The molecule has 0 radical (unpaired) electrons. The maximum absolute atomic E-state index is 12.9. The Morgan fingerprint density at radius 3 is 2.56 bits per heavy atom. The summed E-state index contributed by atoms with van der Waals surface area (Å²) in [6.07, 6.45) is 8.62. The van der Waals surface area contributed by atoms with Crippen LogP contribution in [-0.2, 0) is 26.4 Å². The Labute approximate surface area is 149 Å². The van der Waals surface area contributed by atoms with Gasteiger partial charge in [0.05, 0.1) is 6.54 Å². The highest BCUT2D eigenvalue weighted by Gasteiger charge is 2.23. The summed E-state index contributed by atoms with van der Waals surface area (Å²) in [4.78, 5) is 21.6. The van der Waals surface area contributed by atoms with Crippen molar-refractivity contribution in [1.82, 2.24) is 19.4 Å². The van der Waals surface area contributed by atoms with Crippen molar-refractivity contribution in [3.8, 4) is 0 Å². The number of nitrogens with zero attached hydrogens (tertiary/aromatic N) is 4. The fourth-order valence-electron chi connectivity index (χ4n) is 3.91. The minimum Gasteiger partial charge on any atom is -0.337 e. The molecule has 25 heavy (non-hydrogen) atoms. The molecule has 2 aromatic rings. The van der Waals surface area contributed by atoms with Crippen molar-refractivity contribution in [2.24, 2.45) is 7.05 Å².